The van der Waals surface area contributed by atoms with E-state index in [2.05, 4.69) is 9.97 Å². The highest BCUT2D eigenvalue weighted by atomic mass is 19.1. The first-order valence-corrected chi connectivity index (χ1v) is 15.0. The SMILES string of the molecule is CC(C)(C)OC(=O)N1CCC(Cn2c(=O)n([C@@H]3CCOc4ccccc43)c3nc(-n4cnc5ccc(F)cc54)ncc32)CC1. The fourth-order valence-electron chi connectivity index (χ4n) is 6.24. The Morgan fingerprint density at radius 1 is 1.07 bits per heavy atom. The molecule has 0 aliphatic carbocycles. The molecule has 44 heavy (non-hydrogen) atoms. The number of para-hydroxylation sites is 1. The zero-order chi connectivity index (χ0) is 30.6. The van der Waals surface area contributed by atoms with Gasteiger partial charge in [-0.2, -0.15) is 4.98 Å². The van der Waals surface area contributed by atoms with Gasteiger partial charge in [-0.1, -0.05) is 18.2 Å². The number of carbonyl (C=O) groups is 1. The second-order valence-electron chi connectivity index (χ2n) is 12.5. The van der Waals surface area contributed by atoms with Gasteiger partial charge < -0.3 is 14.4 Å². The number of aromatic nitrogens is 6. The number of likely N-dealkylation sites (tertiary alicyclic amines) is 1. The number of benzene rings is 2. The molecule has 0 unspecified atom stereocenters. The fourth-order valence-corrected chi connectivity index (χ4v) is 6.24. The lowest BCUT2D eigenvalue weighted by Gasteiger charge is -2.33. The van der Waals surface area contributed by atoms with E-state index in [9.17, 15) is 14.0 Å². The van der Waals surface area contributed by atoms with Crippen molar-refractivity contribution < 1.29 is 18.7 Å². The smallest absolute Gasteiger partial charge is 0.410 e. The van der Waals surface area contributed by atoms with Crippen molar-refractivity contribution in [2.24, 2.45) is 5.92 Å². The Morgan fingerprint density at radius 3 is 2.66 bits per heavy atom. The summed E-state index contributed by atoms with van der Waals surface area (Å²) in [7, 11) is 0. The minimum absolute atomic E-state index is 0.174. The molecule has 0 N–H and O–H groups in total. The summed E-state index contributed by atoms with van der Waals surface area (Å²) in [4.78, 5) is 42.6. The van der Waals surface area contributed by atoms with Gasteiger partial charge in [-0.25, -0.2) is 23.9 Å². The normalized spacial score (nSPS) is 17.5. The van der Waals surface area contributed by atoms with Crippen LogP contribution in [-0.2, 0) is 11.3 Å². The van der Waals surface area contributed by atoms with Gasteiger partial charge in [0.25, 0.3) is 0 Å². The van der Waals surface area contributed by atoms with E-state index in [0.29, 0.717) is 60.8 Å². The lowest BCUT2D eigenvalue weighted by Crippen LogP contribution is -2.42. The molecule has 1 fully saturated rings. The van der Waals surface area contributed by atoms with Crippen LogP contribution in [0.1, 0.15) is 51.6 Å². The van der Waals surface area contributed by atoms with Crippen molar-refractivity contribution >= 4 is 28.3 Å². The topological polar surface area (TPSA) is 109 Å². The Balaban J connectivity index is 1.28. The molecule has 5 heterocycles. The molecule has 1 amide bonds. The summed E-state index contributed by atoms with van der Waals surface area (Å²) in [6, 6.07) is 11.8. The van der Waals surface area contributed by atoms with Gasteiger partial charge in [-0.3, -0.25) is 13.7 Å². The van der Waals surface area contributed by atoms with Crippen molar-refractivity contribution in [3.63, 3.8) is 0 Å². The first-order chi connectivity index (χ1) is 21.2. The van der Waals surface area contributed by atoms with Crippen LogP contribution in [0.3, 0.4) is 0 Å². The maximum Gasteiger partial charge on any atom is 0.410 e. The third-order valence-electron chi connectivity index (χ3n) is 8.36. The summed E-state index contributed by atoms with van der Waals surface area (Å²) >= 11 is 0. The van der Waals surface area contributed by atoms with Crippen LogP contribution >= 0.6 is 0 Å². The van der Waals surface area contributed by atoms with Gasteiger partial charge in [0, 0.05) is 37.7 Å². The highest BCUT2D eigenvalue weighted by Crippen LogP contribution is 2.35. The molecule has 7 rings (SSSR count). The molecule has 12 heteroatoms. The monoisotopic (exact) mass is 599 g/mol. The van der Waals surface area contributed by atoms with Crippen LogP contribution in [0.15, 0.2) is 59.8 Å². The van der Waals surface area contributed by atoms with E-state index in [1.165, 1.54) is 12.1 Å². The van der Waals surface area contributed by atoms with E-state index in [1.807, 2.05) is 45.0 Å². The molecule has 2 aliphatic heterocycles. The second-order valence-corrected chi connectivity index (χ2v) is 12.5. The Labute approximate surface area is 252 Å². The molecule has 5 aromatic rings. The summed E-state index contributed by atoms with van der Waals surface area (Å²) in [5, 5.41) is 0. The molecule has 1 saturated heterocycles. The lowest BCUT2D eigenvalue weighted by atomic mass is 9.97. The number of rotatable bonds is 4. The highest BCUT2D eigenvalue weighted by molar-refractivity contribution is 5.78. The van der Waals surface area contributed by atoms with Crippen LogP contribution in [0.2, 0.25) is 0 Å². The zero-order valence-electron chi connectivity index (χ0n) is 24.9. The summed E-state index contributed by atoms with van der Waals surface area (Å²) in [6.45, 7) is 7.63. The van der Waals surface area contributed by atoms with E-state index in [0.717, 1.165) is 24.2 Å². The van der Waals surface area contributed by atoms with Gasteiger partial charge in [0.05, 0.1) is 29.9 Å². The number of carbonyl (C=O) groups excluding carboxylic acids is 1. The number of piperidine rings is 1. The minimum Gasteiger partial charge on any atom is -0.493 e. The van der Waals surface area contributed by atoms with E-state index >= 15 is 0 Å². The van der Waals surface area contributed by atoms with Crippen LogP contribution in [0.4, 0.5) is 9.18 Å². The predicted molar refractivity (Wildman–Crippen MR) is 162 cm³/mol. The number of ether oxygens (including phenoxy) is 2. The molecule has 0 spiro atoms. The van der Waals surface area contributed by atoms with Gasteiger partial charge in [0.1, 0.15) is 29.0 Å². The zero-order valence-corrected chi connectivity index (χ0v) is 24.9. The van der Waals surface area contributed by atoms with Crippen molar-refractivity contribution in [2.45, 2.75) is 58.2 Å². The number of hydrogen-bond acceptors (Lipinski definition) is 7. The van der Waals surface area contributed by atoms with E-state index in [-0.39, 0.29) is 29.6 Å². The number of amides is 1. The van der Waals surface area contributed by atoms with Crippen LogP contribution in [0.25, 0.3) is 28.1 Å². The largest absolute Gasteiger partial charge is 0.493 e. The maximum absolute atomic E-state index is 14.3. The van der Waals surface area contributed by atoms with Crippen LogP contribution in [-0.4, -0.2) is 64.9 Å². The quantitative estimate of drug-likeness (QED) is 0.283. The first kappa shape index (κ1) is 28.1. The molecule has 2 aliphatic rings. The molecule has 0 saturated carbocycles. The first-order valence-electron chi connectivity index (χ1n) is 15.0. The van der Waals surface area contributed by atoms with Crippen molar-refractivity contribution in [2.75, 3.05) is 19.7 Å². The van der Waals surface area contributed by atoms with Crippen molar-refractivity contribution in [1.82, 2.24) is 33.6 Å². The molecule has 1 atom stereocenters. The summed E-state index contributed by atoms with van der Waals surface area (Å²) in [5.41, 5.74) is 2.44. The van der Waals surface area contributed by atoms with Gasteiger partial charge in [0.2, 0.25) is 5.95 Å². The fraction of sp³-hybridized carbons (Fsp3) is 0.406. The van der Waals surface area contributed by atoms with E-state index in [4.69, 9.17) is 14.5 Å². The molecule has 0 bridgehead atoms. The Kier molecular flexibility index (Phi) is 6.86. The summed E-state index contributed by atoms with van der Waals surface area (Å²) in [5.74, 6) is 0.825. The Hall–Kier alpha value is -4.74. The summed E-state index contributed by atoms with van der Waals surface area (Å²) < 4.78 is 30.8. The van der Waals surface area contributed by atoms with Crippen LogP contribution < -0.4 is 10.4 Å². The average molecular weight is 600 g/mol. The van der Waals surface area contributed by atoms with Gasteiger partial charge in [0.15, 0.2) is 5.65 Å². The van der Waals surface area contributed by atoms with Crippen LogP contribution in [0.5, 0.6) is 5.75 Å². The van der Waals surface area contributed by atoms with Gasteiger partial charge >= 0.3 is 11.8 Å². The Morgan fingerprint density at radius 2 is 1.86 bits per heavy atom. The Bertz CT molecular complexity index is 1930. The number of hydrogen-bond donors (Lipinski definition) is 0. The van der Waals surface area contributed by atoms with Gasteiger partial charge in [-0.15, -0.1) is 0 Å². The second kappa shape index (κ2) is 10.8. The third-order valence-corrected chi connectivity index (χ3v) is 8.36. The minimum atomic E-state index is -0.554. The number of fused-ring (bicyclic) bond motifs is 3. The molecular weight excluding hydrogens is 565 g/mol. The molecule has 11 nitrogen and oxygen atoms in total. The lowest BCUT2D eigenvalue weighted by molar-refractivity contribution is 0.0178. The van der Waals surface area contributed by atoms with Crippen LogP contribution in [0, 0.1) is 11.7 Å². The highest BCUT2D eigenvalue weighted by Gasteiger charge is 2.31. The third kappa shape index (κ3) is 5.07. The molecule has 2 aromatic carbocycles. The van der Waals surface area contributed by atoms with Gasteiger partial charge in [-0.05, 0) is 57.7 Å². The number of imidazole rings is 2. The molecule has 0 radical (unpaired) electrons. The van der Waals surface area contributed by atoms with E-state index in [1.54, 1.807) is 37.2 Å². The summed E-state index contributed by atoms with van der Waals surface area (Å²) in [6.07, 6.45) is 5.00. The standard InChI is InChI=1S/C32H34FN7O4/c1-32(2,3)44-31(42)37-13-10-20(11-14-37)18-38-26-17-34-29(39-19-35-23-9-8-21(33)16-25(23)39)36-28(26)40(30(38)41)24-12-15-43-27-7-5-4-6-22(24)27/h4-9,16-17,19-20,24H,10-15,18H2,1-3H3/t24-/m1/s1. The number of halogens is 1. The predicted octanol–water partition coefficient (Wildman–Crippen LogP) is 5.09. The van der Waals surface area contributed by atoms with Crippen molar-refractivity contribution in [3.8, 4) is 11.7 Å². The molecular formula is C32H34FN7O4. The molecule has 3 aromatic heterocycles. The van der Waals surface area contributed by atoms with E-state index < -0.39 is 5.60 Å². The molecule has 228 valence electrons. The van der Waals surface area contributed by atoms with Crippen molar-refractivity contribution in [3.05, 3.63) is 76.9 Å². The number of nitrogens with zero attached hydrogens (tertiary/aromatic N) is 7. The average Bonchev–Trinajstić information content (AvgIpc) is 3.54. The maximum atomic E-state index is 14.3. The van der Waals surface area contributed by atoms with Crippen molar-refractivity contribution in [1.29, 1.82) is 0 Å².